The van der Waals surface area contributed by atoms with Gasteiger partial charge in [-0.25, -0.2) is 0 Å². The molecule has 2 rings (SSSR count). The number of aromatic hydroxyl groups is 1. The first-order valence-electron chi connectivity index (χ1n) is 5.85. The van der Waals surface area contributed by atoms with Crippen molar-refractivity contribution in [1.29, 1.82) is 0 Å². The van der Waals surface area contributed by atoms with Crippen LogP contribution in [0.4, 0.5) is 0 Å². The number of aryl methyl sites for hydroxylation is 1. The molecule has 0 unspecified atom stereocenters. The van der Waals surface area contributed by atoms with Crippen LogP contribution in [0.3, 0.4) is 0 Å². The van der Waals surface area contributed by atoms with E-state index < -0.39 is 0 Å². The first-order valence-corrected chi connectivity index (χ1v) is 5.85. The second-order valence-corrected chi connectivity index (χ2v) is 4.48. The molecule has 1 aliphatic heterocycles. The Morgan fingerprint density at radius 1 is 1.53 bits per heavy atom. The summed E-state index contributed by atoms with van der Waals surface area (Å²) in [4.78, 5) is 14.0. The number of aliphatic hydroxyl groups excluding tert-OH is 1. The molecule has 0 spiro atoms. The predicted molar refractivity (Wildman–Crippen MR) is 64.0 cm³/mol. The predicted octanol–water partition coefficient (Wildman–Crippen LogP) is 1.30. The van der Waals surface area contributed by atoms with Crippen molar-refractivity contribution in [2.45, 2.75) is 25.8 Å². The van der Waals surface area contributed by atoms with E-state index >= 15 is 0 Å². The van der Waals surface area contributed by atoms with Gasteiger partial charge in [-0.1, -0.05) is 0 Å². The summed E-state index contributed by atoms with van der Waals surface area (Å²) in [5.41, 5.74) is 1.36. The van der Waals surface area contributed by atoms with E-state index in [0.717, 1.165) is 18.4 Å². The van der Waals surface area contributed by atoms with Gasteiger partial charge in [-0.15, -0.1) is 0 Å². The Morgan fingerprint density at radius 3 is 2.94 bits per heavy atom. The Hall–Kier alpha value is -1.55. The fourth-order valence-corrected chi connectivity index (χ4v) is 2.34. The second-order valence-electron chi connectivity index (χ2n) is 4.48. The van der Waals surface area contributed by atoms with E-state index in [4.69, 9.17) is 0 Å². The van der Waals surface area contributed by atoms with Gasteiger partial charge in [0.25, 0.3) is 5.91 Å². The Labute approximate surface area is 100 Å². The zero-order valence-electron chi connectivity index (χ0n) is 9.89. The lowest BCUT2D eigenvalue weighted by atomic mass is 10.1. The highest BCUT2D eigenvalue weighted by Crippen LogP contribution is 2.23. The quantitative estimate of drug-likeness (QED) is 0.812. The number of hydrogen-bond donors (Lipinski definition) is 2. The number of phenolic OH excluding ortho intramolecular Hbond substituents is 1. The van der Waals surface area contributed by atoms with E-state index in [1.807, 2.05) is 0 Å². The molecule has 0 saturated carbocycles. The number of nitrogens with zero attached hydrogens (tertiary/aromatic N) is 1. The Kier molecular flexibility index (Phi) is 3.33. The van der Waals surface area contributed by atoms with Crippen molar-refractivity contribution in [3.05, 3.63) is 29.3 Å². The molecule has 1 fully saturated rings. The van der Waals surface area contributed by atoms with E-state index in [9.17, 15) is 15.0 Å². The molecular weight excluding hydrogens is 218 g/mol. The number of likely N-dealkylation sites (tertiary alicyclic amines) is 1. The van der Waals surface area contributed by atoms with Crippen LogP contribution >= 0.6 is 0 Å². The van der Waals surface area contributed by atoms with E-state index in [-0.39, 0.29) is 24.3 Å². The van der Waals surface area contributed by atoms with Crippen LogP contribution in [-0.2, 0) is 0 Å². The molecule has 92 valence electrons. The van der Waals surface area contributed by atoms with Gasteiger partial charge in [-0.2, -0.15) is 0 Å². The van der Waals surface area contributed by atoms with Crippen LogP contribution in [0.5, 0.6) is 5.75 Å². The van der Waals surface area contributed by atoms with E-state index in [1.54, 1.807) is 24.0 Å². The van der Waals surface area contributed by atoms with E-state index in [1.165, 1.54) is 6.07 Å². The highest BCUT2D eigenvalue weighted by atomic mass is 16.3. The molecule has 1 aromatic rings. The maximum absolute atomic E-state index is 12.3. The average molecular weight is 235 g/mol. The molecule has 1 heterocycles. The van der Waals surface area contributed by atoms with Gasteiger partial charge in [0.05, 0.1) is 12.6 Å². The summed E-state index contributed by atoms with van der Waals surface area (Å²) in [5, 5.41) is 18.5. The topological polar surface area (TPSA) is 60.8 Å². The van der Waals surface area contributed by atoms with Crippen LogP contribution in [0, 0.1) is 6.92 Å². The van der Waals surface area contributed by atoms with Gasteiger partial charge in [0.2, 0.25) is 0 Å². The molecule has 0 bridgehead atoms. The molecule has 17 heavy (non-hydrogen) atoms. The summed E-state index contributed by atoms with van der Waals surface area (Å²) < 4.78 is 0. The summed E-state index contributed by atoms with van der Waals surface area (Å²) in [6, 6.07) is 4.68. The van der Waals surface area contributed by atoms with Gasteiger partial charge in [0, 0.05) is 12.1 Å². The smallest absolute Gasteiger partial charge is 0.254 e. The van der Waals surface area contributed by atoms with Crippen LogP contribution in [0.15, 0.2) is 18.2 Å². The van der Waals surface area contributed by atoms with Gasteiger partial charge in [0.1, 0.15) is 5.75 Å². The molecule has 0 aliphatic carbocycles. The maximum atomic E-state index is 12.3. The number of aliphatic hydroxyl groups is 1. The second kappa shape index (κ2) is 4.75. The summed E-state index contributed by atoms with van der Waals surface area (Å²) in [7, 11) is 0. The Balaban J connectivity index is 2.24. The van der Waals surface area contributed by atoms with Crippen molar-refractivity contribution in [1.82, 2.24) is 4.90 Å². The zero-order valence-corrected chi connectivity index (χ0v) is 9.89. The number of rotatable bonds is 2. The van der Waals surface area contributed by atoms with Crippen molar-refractivity contribution < 1.29 is 15.0 Å². The van der Waals surface area contributed by atoms with E-state index in [2.05, 4.69) is 0 Å². The fourth-order valence-electron chi connectivity index (χ4n) is 2.34. The molecule has 1 amide bonds. The van der Waals surface area contributed by atoms with Crippen molar-refractivity contribution in [2.24, 2.45) is 0 Å². The minimum absolute atomic E-state index is 0.0167. The number of hydrogen-bond acceptors (Lipinski definition) is 3. The van der Waals surface area contributed by atoms with E-state index in [0.29, 0.717) is 12.1 Å². The molecule has 0 radical (unpaired) electrons. The molecule has 2 N–H and O–H groups in total. The number of carbonyl (C=O) groups is 1. The Bertz CT molecular complexity index is 431. The molecule has 0 aromatic heterocycles. The lowest BCUT2D eigenvalue weighted by Gasteiger charge is -2.23. The van der Waals surface area contributed by atoms with Crippen molar-refractivity contribution in [2.75, 3.05) is 13.2 Å². The molecule has 1 saturated heterocycles. The first-order chi connectivity index (χ1) is 8.13. The minimum atomic E-state index is -0.0595. The van der Waals surface area contributed by atoms with Gasteiger partial charge in [-0.05, 0) is 43.5 Å². The first kappa shape index (κ1) is 11.9. The van der Waals surface area contributed by atoms with Crippen LogP contribution in [0.25, 0.3) is 0 Å². The third-order valence-electron chi connectivity index (χ3n) is 3.29. The van der Waals surface area contributed by atoms with Gasteiger partial charge < -0.3 is 15.1 Å². The van der Waals surface area contributed by atoms with Crippen molar-refractivity contribution >= 4 is 5.91 Å². The summed E-state index contributed by atoms with van der Waals surface area (Å²) in [6.07, 6.45) is 1.80. The average Bonchev–Trinajstić information content (AvgIpc) is 2.76. The number of carbonyl (C=O) groups excluding carboxylic acids is 1. The monoisotopic (exact) mass is 235 g/mol. The number of benzene rings is 1. The maximum Gasteiger partial charge on any atom is 0.254 e. The third-order valence-corrected chi connectivity index (χ3v) is 3.29. The number of amides is 1. The lowest BCUT2D eigenvalue weighted by Crippen LogP contribution is -2.37. The molecule has 1 aliphatic rings. The normalized spacial score (nSPS) is 19.6. The Morgan fingerprint density at radius 2 is 2.29 bits per heavy atom. The van der Waals surface area contributed by atoms with Crippen LogP contribution in [-0.4, -0.2) is 40.2 Å². The molecular formula is C13H17NO3. The fraction of sp³-hybridized carbons (Fsp3) is 0.462. The van der Waals surface area contributed by atoms with Crippen LogP contribution < -0.4 is 0 Å². The van der Waals surface area contributed by atoms with Gasteiger partial charge in [0.15, 0.2) is 0 Å². The van der Waals surface area contributed by atoms with Crippen LogP contribution in [0.1, 0.15) is 28.8 Å². The summed E-state index contributed by atoms with van der Waals surface area (Å²) in [6.45, 7) is 2.52. The molecule has 1 aromatic carbocycles. The molecule has 4 heteroatoms. The third kappa shape index (κ3) is 2.26. The summed E-state index contributed by atoms with van der Waals surface area (Å²) >= 11 is 0. The van der Waals surface area contributed by atoms with Gasteiger partial charge in [-0.3, -0.25) is 4.79 Å². The number of phenols is 1. The van der Waals surface area contributed by atoms with Crippen LogP contribution in [0.2, 0.25) is 0 Å². The molecule has 4 nitrogen and oxygen atoms in total. The highest BCUT2D eigenvalue weighted by Gasteiger charge is 2.29. The highest BCUT2D eigenvalue weighted by molar-refractivity contribution is 5.96. The zero-order chi connectivity index (χ0) is 12.4. The largest absolute Gasteiger partial charge is 0.508 e. The molecule has 1 atom stereocenters. The lowest BCUT2D eigenvalue weighted by molar-refractivity contribution is 0.0677. The summed E-state index contributed by atoms with van der Waals surface area (Å²) in [5.74, 6) is 0.109. The standard InChI is InChI=1S/C13H17NO3/c1-9-7-11(16)4-5-12(9)13(17)14-6-2-3-10(14)8-15/h4-5,7,10,15-16H,2-3,6,8H2,1H3/t10-/m0/s1. The SMILES string of the molecule is Cc1cc(O)ccc1C(=O)N1CCC[C@H]1CO. The van der Waals surface area contributed by atoms with Crippen molar-refractivity contribution in [3.8, 4) is 5.75 Å². The van der Waals surface area contributed by atoms with Crippen molar-refractivity contribution in [3.63, 3.8) is 0 Å². The minimum Gasteiger partial charge on any atom is -0.508 e. The van der Waals surface area contributed by atoms with Gasteiger partial charge >= 0.3 is 0 Å².